The summed E-state index contributed by atoms with van der Waals surface area (Å²) >= 11 is 0. The zero-order chi connectivity index (χ0) is 21.3. The Hall–Kier alpha value is -2.17. The van der Waals surface area contributed by atoms with Crippen molar-refractivity contribution in [1.29, 1.82) is 0 Å². The van der Waals surface area contributed by atoms with E-state index in [1.165, 1.54) is 7.11 Å². The van der Waals surface area contributed by atoms with E-state index < -0.39 is 10.0 Å². The lowest BCUT2D eigenvalue weighted by Gasteiger charge is -2.36. The van der Waals surface area contributed by atoms with Gasteiger partial charge in [-0.1, -0.05) is 12.1 Å². The summed E-state index contributed by atoms with van der Waals surface area (Å²) in [7, 11) is -2.06. The topological polar surface area (TPSA) is 103 Å². The maximum atomic E-state index is 12.4. The van der Waals surface area contributed by atoms with Gasteiger partial charge in [-0.25, -0.2) is 18.1 Å². The second-order valence-corrected chi connectivity index (χ2v) is 8.47. The van der Waals surface area contributed by atoms with Crippen molar-refractivity contribution < 1.29 is 17.9 Å². The fourth-order valence-electron chi connectivity index (χ4n) is 3.00. The smallest absolute Gasteiger partial charge is 0.240 e. The first-order valence-electron chi connectivity index (χ1n) is 9.73. The van der Waals surface area contributed by atoms with Crippen LogP contribution in [0.4, 0.5) is 0 Å². The zero-order valence-electron chi connectivity index (χ0n) is 17.3. The number of carbonyl (C=O) groups is 1. The normalized spacial score (nSPS) is 15.5. The standard InChI is InChI=1S/C19H31N5O4S/c1-4-20-19(24-11-9-23(10-12-24)16(2)25)21-15-17-6-5-7-18(14-17)29(26,27)22-8-13-28-3/h5-7,14,22H,4,8-13,15H2,1-3H3,(H,20,21). The molecule has 0 aromatic heterocycles. The minimum Gasteiger partial charge on any atom is -0.383 e. The number of benzene rings is 1. The summed E-state index contributed by atoms with van der Waals surface area (Å²) in [5.41, 5.74) is 0.803. The second kappa shape index (κ2) is 11.1. The first-order valence-corrected chi connectivity index (χ1v) is 11.2. The molecule has 1 aliphatic heterocycles. The van der Waals surface area contributed by atoms with E-state index in [9.17, 15) is 13.2 Å². The molecule has 1 aromatic rings. The number of piperazine rings is 1. The number of methoxy groups -OCH3 is 1. The fourth-order valence-corrected chi connectivity index (χ4v) is 4.08. The molecule has 10 heteroatoms. The number of nitrogens with zero attached hydrogens (tertiary/aromatic N) is 3. The van der Waals surface area contributed by atoms with E-state index in [2.05, 4.69) is 19.9 Å². The van der Waals surface area contributed by atoms with Crippen LogP contribution in [0.3, 0.4) is 0 Å². The van der Waals surface area contributed by atoms with Gasteiger partial charge in [0.05, 0.1) is 18.0 Å². The van der Waals surface area contributed by atoms with Crippen LogP contribution in [0.25, 0.3) is 0 Å². The summed E-state index contributed by atoms with van der Waals surface area (Å²) in [6.45, 7) is 7.96. The minimum absolute atomic E-state index is 0.0868. The third-order valence-corrected chi connectivity index (χ3v) is 6.04. The molecule has 0 saturated carbocycles. The molecule has 162 valence electrons. The monoisotopic (exact) mass is 425 g/mol. The molecule has 0 atom stereocenters. The third-order valence-electron chi connectivity index (χ3n) is 4.58. The second-order valence-electron chi connectivity index (χ2n) is 6.70. The molecule has 0 spiro atoms. The highest BCUT2D eigenvalue weighted by Gasteiger charge is 2.21. The maximum Gasteiger partial charge on any atom is 0.240 e. The van der Waals surface area contributed by atoms with E-state index >= 15 is 0 Å². The third kappa shape index (κ3) is 6.98. The van der Waals surface area contributed by atoms with Crippen LogP contribution in [-0.4, -0.2) is 83.1 Å². The molecule has 2 N–H and O–H groups in total. The summed E-state index contributed by atoms with van der Waals surface area (Å²) in [5, 5.41) is 3.27. The molecule has 0 unspecified atom stereocenters. The van der Waals surface area contributed by atoms with E-state index in [0.29, 0.717) is 39.3 Å². The number of hydrogen-bond donors (Lipinski definition) is 2. The van der Waals surface area contributed by atoms with Crippen molar-refractivity contribution in [1.82, 2.24) is 19.8 Å². The van der Waals surface area contributed by atoms with Gasteiger partial charge in [0.1, 0.15) is 0 Å². The van der Waals surface area contributed by atoms with Gasteiger partial charge in [0.15, 0.2) is 5.96 Å². The summed E-state index contributed by atoms with van der Waals surface area (Å²) in [4.78, 5) is 20.3. The maximum absolute atomic E-state index is 12.4. The summed E-state index contributed by atoms with van der Waals surface area (Å²) in [6, 6.07) is 6.77. The number of aliphatic imine (C=N–C) groups is 1. The van der Waals surface area contributed by atoms with Gasteiger partial charge in [0, 0.05) is 53.3 Å². The predicted molar refractivity (Wildman–Crippen MR) is 112 cm³/mol. The predicted octanol–water partition coefficient (Wildman–Crippen LogP) is 0.241. The molecule has 2 rings (SSSR count). The Kier molecular flexibility index (Phi) is 8.87. The molecular weight excluding hydrogens is 394 g/mol. The molecule has 0 radical (unpaired) electrons. The molecule has 1 saturated heterocycles. The van der Waals surface area contributed by atoms with Crippen LogP contribution in [-0.2, 0) is 26.1 Å². The summed E-state index contributed by atoms with van der Waals surface area (Å²) < 4.78 is 32.2. The van der Waals surface area contributed by atoms with E-state index in [1.54, 1.807) is 25.1 Å². The van der Waals surface area contributed by atoms with Gasteiger partial charge in [-0.05, 0) is 24.6 Å². The Balaban J connectivity index is 2.07. The molecule has 0 bridgehead atoms. The van der Waals surface area contributed by atoms with Crippen LogP contribution in [0.2, 0.25) is 0 Å². The van der Waals surface area contributed by atoms with Crippen LogP contribution in [0, 0.1) is 0 Å². The average Bonchev–Trinajstić information content (AvgIpc) is 2.71. The summed E-state index contributed by atoms with van der Waals surface area (Å²) in [5.74, 6) is 0.853. The number of nitrogens with one attached hydrogen (secondary N) is 2. The van der Waals surface area contributed by atoms with Gasteiger partial charge in [-0.3, -0.25) is 4.79 Å². The van der Waals surface area contributed by atoms with Crippen LogP contribution in [0.15, 0.2) is 34.2 Å². The van der Waals surface area contributed by atoms with Crippen LogP contribution < -0.4 is 10.0 Å². The van der Waals surface area contributed by atoms with E-state index in [4.69, 9.17) is 4.74 Å². The number of ether oxygens (including phenoxy) is 1. The first kappa shape index (κ1) is 23.1. The van der Waals surface area contributed by atoms with Crippen molar-refractivity contribution >= 4 is 21.9 Å². The van der Waals surface area contributed by atoms with Crippen molar-refractivity contribution in [3.63, 3.8) is 0 Å². The van der Waals surface area contributed by atoms with Crippen LogP contribution in [0.1, 0.15) is 19.4 Å². The lowest BCUT2D eigenvalue weighted by Crippen LogP contribution is -2.53. The Bertz CT molecular complexity index is 805. The molecule has 29 heavy (non-hydrogen) atoms. The molecule has 0 aliphatic carbocycles. The highest BCUT2D eigenvalue weighted by atomic mass is 32.2. The molecule has 1 aromatic carbocycles. The lowest BCUT2D eigenvalue weighted by molar-refractivity contribution is -0.130. The number of amides is 1. The molecule has 1 fully saturated rings. The molecular formula is C19H31N5O4S. The SMILES string of the molecule is CCNC(=NCc1cccc(S(=O)(=O)NCCOC)c1)N1CCN(C(C)=O)CC1. The number of rotatable bonds is 8. The van der Waals surface area contributed by atoms with Crippen molar-refractivity contribution in [2.45, 2.75) is 25.3 Å². The van der Waals surface area contributed by atoms with Crippen LogP contribution >= 0.6 is 0 Å². The Morgan fingerprint density at radius 3 is 2.52 bits per heavy atom. The highest BCUT2D eigenvalue weighted by molar-refractivity contribution is 7.89. The van der Waals surface area contributed by atoms with Gasteiger partial charge >= 0.3 is 0 Å². The Morgan fingerprint density at radius 1 is 1.21 bits per heavy atom. The fraction of sp³-hybridized carbons (Fsp3) is 0.579. The van der Waals surface area contributed by atoms with Gasteiger partial charge in [-0.2, -0.15) is 0 Å². The van der Waals surface area contributed by atoms with Crippen LogP contribution in [0.5, 0.6) is 0 Å². The largest absolute Gasteiger partial charge is 0.383 e. The minimum atomic E-state index is -3.58. The van der Waals surface area contributed by atoms with Gasteiger partial charge < -0.3 is 19.9 Å². The number of carbonyl (C=O) groups excluding carboxylic acids is 1. The van der Waals surface area contributed by atoms with Gasteiger partial charge in [0.25, 0.3) is 0 Å². The molecule has 1 aliphatic rings. The van der Waals surface area contributed by atoms with Crippen molar-refractivity contribution in [2.75, 3.05) is 53.0 Å². The van der Waals surface area contributed by atoms with Gasteiger partial charge in [0.2, 0.25) is 15.9 Å². The van der Waals surface area contributed by atoms with E-state index in [1.807, 2.05) is 17.9 Å². The zero-order valence-corrected chi connectivity index (χ0v) is 18.2. The van der Waals surface area contributed by atoms with Crippen molar-refractivity contribution in [3.8, 4) is 0 Å². The number of guanidine groups is 1. The molecule has 1 heterocycles. The lowest BCUT2D eigenvalue weighted by atomic mass is 10.2. The van der Waals surface area contributed by atoms with Gasteiger partial charge in [-0.15, -0.1) is 0 Å². The number of sulfonamides is 1. The van der Waals surface area contributed by atoms with Crippen molar-refractivity contribution in [3.05, 3.63) is 29.8 Å². The molecule has 1 amide bonds. The van der Waals surface area contributed by atoms with E-state index in [-0.39, 0.29) is 17.3 Å². The first-order chi connectivity index (χ1) is 13.9. The average molecular weight is 426 g/mol. The van der Waals surface area contributed by atoms with E-state index in [0.717, 1.165) is 18.1 Å². The Labute approximate surface area is 173 Å². The van der Waals surface area contributed by atoms with Crippen molar-refractivity contribution in [2.24, 2.45) is 4.99 Å². The molecule has 9 nitrogen and oxygen atoms in total. The Morgan fingerprint density at radius 2 is 1.90 bits per heavy atom. The quantitative estimate of drug-likeness (QED) is 0.351. The highest BCUT2D eigenvalue weighted by Crippen LogP contribution is 2.13. The summed E-state index contributed by atoms with van der Waals surface area (Å²) in [6.07, 6.45) is 0. The number of hydrogen-bond acceptors (Lipinski definition) is 5.